The Kier molecular flexibility index (Phi) is 2.72. The molecule has 0 heterocycles. The van der Waals surface area contributed by atoms with Crippen LogP contribution >= 0.6 is 0 Å². The van der Waals surface area contributed by atoms with Crippen LogP contribution in [0.25, 0.3) is 0 Å². The fourth-order valence-corrected chi connectivity index (χ4v) is 1.82. The summed E-state index contributed by atoms with van der Waals surface area (Å²) >= 11 is 0. The predicted octanol–water partition coefficient (Wildman–Crippen LogP) is 0.669. The molecule has 78 valence electrons. The Hall–Kier alpha value is -0.120. The monoisotopic (exact) mass is 188 g/mol. The lowest BCUT2D eigenvalue weighted by Crippen LogP contribution is -2.53. The summed E-state index contributed by atoms with van der Waals surface area (Å²) in [6, 6.07) is 0. The highest BCUT2D eigenvalue weighted by Crippen LogP contribution is 2.38. The number of hydrogen-bond acceptors (Lipinski definition) is 3. The van der Waals surface area contributed by atoms with Gasteiger partial charge in [-0.1, -0.05) is 13.8 Å². The molecule has 1 aliphatic rings. The zero-order chi connectivity index (χ0) is 10.3. The van der Waals surface area contributed by atoms with Gasteiger partial charge in [-0.05, 0) is 25.7 Å². The standard InChI is InChI=1S/C10H20O3/c1-7(2)10(13)5-4-9(3,12)8(11)6-10/h7-8,11-13H,4-6H2,1-3H3/t8-,9+,10+/m1/s1. The van der Waals surface area contributed by atoms with Gasteiger partial charge in [0.25, 0.3) is 0 Å². The van der Waals surface area contributed by atoms with E-state index in [1.54, 1.807) is 6.92 Å². The second kappa shape index (κ2) is 3.23. The van der Waals surface area contributed by atoms with Crippen molar-refractivity contribution in [3.8, 4) is 0 Å². The molecule has 0 amide bonds. The molecule has 0 aromatic carbocycles. The molecule has 0 bridgehead atoms. The van der Waals surface area contributed by atoms with E-state index in [0.29, 0.717) is 12.8 Å². The van der Waals surface area contributed by atoms with Crippen LogP contribution in [0, 0.1) is 5.92 Å². The van der Waals surface area contributed by atoms with Gasteiger partial charge >= 0.3 is 0 Å². The average Bonchev–Trinajstić information content (AvgIpc) is 1.98. The second-order valence-electron chi connectivity index (χ2n) is 4.84. The molecule has 0 aromatic heterocycles. The average molecular weight is 188 g/mol. The van der Waals surface area contributed by atoms with Crippen LogP contribution in [0.2, 0.25) is 0 Å². The molecule has 1 aliphatic carbocycles. The molecule has 0 aliphatic heterocycles. The fourth-order valence-electron chi connectivity index (χ4n) is 1.82. The van der Waals surface area contributed by atoms with Gasteiger partial charge < -0.3 is 15.3 Å². The van der Waals surface area contributed by atoms with E-state index < -0.39 is 17.3 Å². The maximum atomic E-state index is 10.1. The largest absolute Gasteiger partial charge is 0.390 e. The molecule has 0 spiro atoms. The Morgan fingerprint density at radius 3 is 2.15 bits per heavy atom. The molecule has 3 N–H and O–H groups in total. The summed E-state index contributed by atoms with van der Waals surface area (Å²) < 4.78 is 0. The molecule has 0 aromatic rings. The van der Waals surface area contributed by atoms with E-state index >= 15 is 0 Å². The summed E-state index contributed by atoms with van der Waals surface area (Å²) in [4.78, 5) is 0. The molecule has 13 heavy (non-hydrogen) atoms. The molecule has 0 radical (unpaired) electrons. The highest BCUT2D eigenvalue weighted by Gasteiger charge is 2.45. The minimum Gasteiger partial charge on any atom is -0.390 e. The van der Waals surface area contributed by atoms with Crippen LogP contribution in [0.1, 0.15) is 40.0 Å². The first-order chi connectivity index (χ1) is 5.78. The number of aliphatic hydroxyl groups is 3. The minimum atomic E-state index is -1.03. The van der Waals surface area contributed by atoms with Gasteiger partial charge in [-0.15, -0.1) is 0 Å². The Labute approximate surface area is 79.4 Å². The third-order valence-corrected chi connectivity index (χ3v) is 3.40. The van der Waals surface area contributed by atoms with E-state index in [1.165, 1.54) is 0 Å². The van der Waals surface area contributed by atoms with E-state index in [9.17, 15) is 15.3 Å². The van der Waals surface area contributed by atoms with Crippen molar-refractivity contribution < 1.29 is 15.3 Å². The summed E-state index contributed by atoms with van der Waals surface area (Å²) in [6.07, 6.45) is 0.489. The molecule has 3 heteroatoms. The number of aliphatic hydroxyl groups excluding tert-OH is 1. The molecule has 1 rings (SSSR count). The van der Waals surface area contributed by atoms with Gasteiger partial charge in [0.15, 0.2) is 0 Å². The zero-order valence-electron chi connectivity index (χ0n) is 8.62. The number of rotatable bonds is 1. The van der Waals surface area contributed by atoms with Crippen molar-refractivity contribution in [2.24, 2.45) is 5.92 Å². The lowest BCUT2D eigenvalue weighted by Gasteiger charge is -2.44. The quantitative estimate of drug-likeness (QED) is 0.567. The lowest BCUT2D eigenvalue weighted by atomic mass is 9.70. The van der Waals surface area contributed by atoms with E-state index in [-0.39, 0.29) is 12.3 Å². The van der Waals surface area contributed by atoms with Crippen LogP contribution in [-0.4, -0.2) is 32.6 Å². The van der Waals surface area contributed by atoms with Gasteiger partial charge in [0.2, 0.25) is 0 Å². The van der Waals surface area contributed by atoms with Crippen LogP contribution in [0.4, 0.5) is 0 Å². The van der Waals surface area contributed by atoms with E-state index in [4.69, 9.17) is 0 Å². The maximum absolute atomic E-state index is 10.1. The summed E-state index contributed by atoms with van der Waals surface area (Å²) in [5.74, 6) is 0.123. The summed E-state index contributed by atoms with van der Waals surface area (Å²) in [5, 5.41) is 29.4. The summed E-state index contributed by atoms with van der Waals surface area (Å²) in [7, 11) is 0. The third-order valence-electron chi connectivity index (χ3n) is 3.40. The van der Waals surface area contributed by atoms with Crippen LogP contribution in [0.3, 0.4) is 0 Å². The van der Waals surface area contributed by atoms with Crippen molar-refractivity contribution >= 4 is 0 Å². The van der Waals surface area contributed by atoms with E-state index in [1.807, 2.05) is 13.8 Å². The van der Waals surface area contributed by atoms with E-state index in [0.717, 1.165) is 0 Å². The van der Waals surface area contributed by atoms with Gasteiger partial charge in [-0.3, -0.25) is 0 Å². The highest BCUT2D eigenvalue weighted by atomic mass is 16.3. The van der Waals surface area contributed by atoms with E-state index in [2.05, 4.69) is 0 Å². The van der Waals surface area contributed by atoms with Crippen LogP contribution in [0.15, 0.2) is 0 Å². The zero-order valence-corrected chi connectivity index (χ0v) is 8.62. The molecular weight excluding hydrogens is 168 g/mol. The summed E-state index contributed by atoms with van der Waals surface area (Å²) in [6.45, 7) is 5.50. The fraction of sp³-hybridized carbons (Fsp3) is 1.00. The van der Waals surface area contributed by atoms with Gasteiger partial charge in [0, 0.05) is 6.42 Å². The van der Waals surface area contributed by atoms with Gasteiger partial charge in [-0.25, -0.2) is 0 Å². The molecular formula is C10H20O3. The van der Waals surface area contributed by atoms with Crippen LogP contribution in [0.5, 0.6) is 0 Å². The predicted molar refractivity (Wildman–Crippen MR) is 50.3 cm³/mol. The Bertz CT molecular complexity index is 189. The van der Waals surface area contributed by atoms with Crippen molar-refractivity contribution in [3.05, 3.63) is 0 Å². The Morgan fingerprint density at radius 1 is 1.23 bits per heavy atom. The normalized spacial score (nSPS) is 46.8. The molecule has 0 saturated heterocycles. The molecule has 3 nitrogen and oxygen atoms in total. The highest BCUT2D eigenvalue weighted by molar-refractivity contribution is 4.98. The van der Waals surface area contributed by atoms with Crippen LogP contribution in [-0.2, 0) is 0 Å². The first-order valence-corrected chi connectivity index (χ1v) is 4.91. The molecule has 0 unspecified atom stereocenters. The van der Waals surface area contributed by atoms with Gasteiger partial charge in [0.05, 0.1) is 17.3 Å². The Morgan fingerprint density at radius 2 is 1.77 bits per heavy atom. The lowest BCUT2D eigenvalue weighted by molar-refractivity contribution is -0.160. The number of hydrogen-bond donors (Lipinski definition) is 3. The first kappa shape index (κ1) is 11.0. The molecule has 1 saturated carbocycles. The topological polar surface area (TPSA) is 60.7 Å². The molecule has 1 fully saturated rings. The smallest absolute Gasteiger partial charge is 0.0879 e. The van der Waals surface area contributed by atoms with Crippen molar-refractivity contribution in [1.82, 2.24) is 0 Å². The first-order valence-electron chi connectivity index (χ1n) is 4.91. The van der Waals surface area contributed by atoms with Crippen molar-refractivity contribution in [2.45, 2.75) is 57.3 Å². The Balaban J connectivity index is 2.70. The van der Waals surface area contributed by atoms with Crippen molar-refractivity contribution in [2.75, 3.05) is 0 Å². The van der Waals surface area contributed by atoms with Gasteiger partial charge in [-0.2, -0.15) is 0 Å². The maximum Gasteiger partial charge on any atom is 0.0879 e. The third kappa shape index (κ3) is 2.03. The second-order valence-corrected chi connectivity index (χ2v) is 4.84. The van der Waals surface area contributed by atoms with Gasteiger partial charge in [0.1, 0.15) is 0 Å². The van der Waals surface area contributed by atoms with Crippen LogP contribution < -0.4 is 0 Å². The summed E-state index contributed by atoms with van der Waals surface area (Å²) in [5.41, 5.74) is -1.83. The SMILES string of the molecule is CC(C)[C@]1(O)CC[C@](C)(O)[C@H](O)C1. The van der Waals surface area contributed by atoms with Crippen molar-refractivity contribution in [1.29, 1.82) is 0 Å². The minimum absolute atomic E-state index is 0.123. The molecule has 3 atom stereocenters. The van der Waals surface area contributed by atoms with Crippen molar-refractivity contribution in [3.63, 3.8) is 0 Å².